The van der Waals surface area contributed by atoms with Crippen molar-refractivity contribution in [2.45, 2.75) is 57.3 Å². The van der Waals surface area contributed by atoms with Crippen molar-refractivity contribution in [2.75, 3.05) is 33.2 Å². The maximum atomic E-state index is 5.92. The fraction of sp³-hybridized carbons (Fsp3) is 0.938. The first-order valence-electron chi connectivity index (χ1n) is 8.63. The molecule has 4 unspecified atom stereocenters. The molecule has 120 valence electrons. The number of rotatable bonds is 4. The molecule has 3 rings (SSSR count). The molecule has 0 aromatic rings. The molecule has 3 aliphatic heterocycles. The average molecular weight is 294 g/mol. The topological polar surface area (TPSA) is 48.9 Å². The molecule has 0 amide bonds. The SMILES string of the molecule is CCNC(=NCC1CCCN(C)C1)NC1CC2CCC1O2. The molecule has 2 N–H and O–H groups in total. The molecule has 2 bridgehead atoms. The van der Waals surface area contributed by atoms with Crippen LogP contribution >= 0.6 is 0 Å². The van der Waals surface area contributed by atoms with Crippen LogP contribution in [0.1, 0.15) is 39.0 Å². The highest BCUT2D eigenvalue weighted by atomic mass is 16.5. The van der Waals surface area contributed by atoms with Crippen LogP contribution in [0.25, 0.3) is 0 Å². The van der Waals surface area contributed by atoms with Crippen LogP contribution in [0.5, 0.6) is 0 Å². The number of nitrogens with zero attached hydrogens (tertiary/aromatic N) is 2. The van der Waals surface area contributed by atoms with E-state index in [4.69, 9.17) is 9.73 Å². The van der Waals surface area contributed by atoms with Gasteiger partial charge in [0.2, 0.25) is 0 Å². The molecule has 0 radical (unpaired) electrons. The summed E-state index contributed by atoms with van der Waals surface area (Å²) in [7, 11) is 2.21. The summed E-state index contributed by atoms with van der Waals surface area (Å²) in [5.74, 6) is 1.68. The first-order valence-corrected chi connectivity index (χ1v) is 8.63. The number of fused-ring (bicyclic) bond motifs is 2. The van der Waals surface area contributed by atoms with Gasteiger partial charge in [0.25, 0.3) is 0 Å². The van der Waals surface area contributed by atoms with E-state index in [9.17, 15) is 0 Å². The number of ether oxygens (including phenoxy) is 1. The van der Waals surface area contributed by atoms with Crippen LogP contribution in [0.4, 0.5) is 0 Å². The highest BCUT2D eigenvalue weighted by Crippen LogP contribution is 2.34. The van der Waals surface area contributed by atoms with Crippen molar-refractivity contribution in [2.24, 2.45) is 10.9 Å². The summed E-state index contributed by atoms with van der Waals surface area (Å²) in [5, 5.41) is 6.99. The molecule has 3 aliphatic rings. The standard InChI is InChI=1S/C16H30N4O/c1-3-17-16(18-10-12-5-4-8-20(2)11-12)19-14-9-13-6-7-15(14)21-13/h12-15H,3-11H2,1-2H3,(H2,17,18,19). The lowest BCUT2D eigenvalue weighted by Gasteiger charge is -2.29. The van der Waals surface area contributed by atoms with Crippen molar-refractivity contribution in [1.29, 1.82) is 0 Å². The Labute approximate surface area is 128 Å². The third kappa shape index (κ3) is 3.89. The minimum Gasteiger partial charge on any atom is -0.373 e. The zero-order chi connectivity index (χ0) is 14.7. The van der Waals surface area contributed by atoms with Gasteiger partial charge < -0.3 is 20.3 Å². The van der Waals surface area contributed by atoms with Crippen LogP contribution in [0.2, 0.25) is 0 Å². The van der Waals surface area contributed by atoms with Crippen LogP contribution in [0.3, 0.4) is 0 Å². The number of hydrogen-bond donors (Lipinski definition) is 2. The molecular weight excluding hydrogens is 264 g/mol. The molecule has 0 aromatic carbocycles. The fourth-order valence-electron chi connectivity index (χ4n) is 3.93. The Hall–Kier alpha value is -0.810. The lowest BCUT2D eigenvalue weighted by molar-refractivity contribution is 0.0992. The second-order valence-corrected chi connectivity index (χ2v) is 6.85. The Morgan fingerprint density at radius 2 is 2.24 bits per heavy atom. The quantitative estimate of drug-likeness (QED) is 0.604. The minimum atomic E-state index is 0.402. The summed E-state index contributed by atoms with van der Waals surface area (Å²) in [6.07, 6.45) is 7.09. The third-order valence-electron chi connectivity index (χ3n) is 5.00. The molecule has 0 saturated carbocycles. The molecule has 3 heterocycles. The zero-order valence-corrected chi connectivity index (χ0v) is 13.5. The van der Waals surface area contributed by atoms with Crippen LogP contribution in [-0.4, -0.2) is 62.3 Å². The molecule has 5 heteroatoms. The van der Waals surface area contributed by atoms with E-state index < -0.39 is 0 Å². The summed E-state index contributed by atoms with van der Waals surface area (Å²) in [6.45, 7) is 6.39. The van der Waals surface area contributed by atoms with Crippen LogP contribution in [-0.2, 0) is 4.74 Å². The fourth-order valence-corrected chi connectivity index (χ4v) is 3.93. The molecule has 0 spiro atoms. The number of guanidine groups is 1. The maximum absolute atomic E-state index is 5.92. The maximum Gasteiger partial charge on any atom is 0.191 e. The Morgan fingerprint density at radius 1 is 1.33 bits per heavy atom. The molecule has 3 saturated heterocycles. The average Bonchev–Trinajstić information content (AvgIpc) is 3.08. The summed E-state index contributed by atoms with van der Waals surface area (Å²) < 4.78 is 5.92. The van der Waals surface area contributed by atoms with Crippen molar-refractivity contribution in [3.8, 4) is 0 Å². The van der Waals surface area contributed by atoms with Gasteiger partial charge in [-0.3, -0.25) is 4.99 Å². The van der Waals surface area contributed by atoms with Crippen LogP contribution in [0, 0.1) is 5.92 Å². The van der Waals surface area contributed by atoms with E-state index in [1.807, 2.05) is 0 Å². The van der Waals surface area contributed by atoms with Gasteiger partial charge in [0, 0.05) is 19.6 Å². The van der Waals surface area contributed by atoms with Gasteiger partial charge in [0.1, 0.15) is 0 Å². The van der Waals surface area contributed by atoms with E-state index in [-0.39, 0.29) is 0 Å². The molecule has 3 fully saturated rings. The molecular formula is C16H30N4O. The van der Waals surface area contributed by atoms with E-state index >= 15 is 0 Å². The summed E-state index contributed by atoms with van der Waals surface area (Å²) in [4.78, 5) is 7.26. The second kappa shape index (κ2) is 6.97. The summed E-state index contributed by atoms with van der Waals surface area (Å²) >= 11 is 0. The highest BCUT2D eigenvalue weighted by Gasteiger charge is 2.41. The lowest BCUT2D eigenvalue weighted by atomic mass is 9.96. The predicted molar refractivity (Wildman–Crippen MR) is 85.6 cm³/mol. The first-order chi connectivity index (χ1) is 10.2. The van der Waals surface area contributed by atoms with Crippen molar-refractivity contribution >= 4 is 5.96 Å². The molecule has 5 nitrogen and oxygen atoms in total. The second-order valence-electron chi connectivity index (χ2n) is 6.85. The summed E-state index contributed by atoms with van der Waals surface area (Å²) in [5.41, 5.74) is 0. The van der Waals surface area contributed by atoms with Gasteiger partial charge in [0.05, 0.1) is 18.2 Å². The molecule has 0 aliphatic carbocycles. The van der Waals surface area contributed by atoms with Gasteiger partial charge in [-0.15, -0.1) is 0 Å². The van der Waals surface area contributed by atoms with Gasteiger partial charge in [-0.1, -0.05) is 0 Å². The lowest BCUT2D eigenvalue weighted by Crippen LogP contribution is -2.47. The Balaban J connectivity index is 1.52. The van der Waals surface area contributed by atoms with Crippen molar-refractivity contribution in [3.63, 3.8) is 0 Å². The van der Waals surface area contributed by atoms with Gasteiger partial charge >= 0.3 is 0 Å². The van der Waals surface area contributed by atoms with E-state index in [1.54, 1.807) is 0 Å². The number of nitrogens with one attached hydrogen (secondary N) is 2. The highest BCUT2D eigenvalue weighted by molar-refractivity contribution is 5.80. The number of likely N-dealkylation sites (tertiary alicyclic amines) is 1. The van der Waals surface area contributed by atoms with Crippen LogP contribution < -0.4 is 10.6 Å². The van der Waals surface area contributed by atoms with Crippen molar-refractivity contribution in [1.82, 2.24) is 15.5 Å². The van der Waals surface area contributed by atoms with Crippen molar-refractivity contribution in [3.05, 3.63) is 0 Å². The number of hydrogen-bond acceptors (Lipinski definition) is 3. The monoisotopic (exact) mass is 294 g/mol. The summed E-state index contributed by atoms with van der Waals surface area (Å²) in [6, 6.07) is 0.454. The Kier molecular flexibility index (Phi) is 5.01. The van der Waals surface area contributed by atoms with E-state index in [0.29, 0.717) is 24.2 Å². The van der Waals surface area contributed by atoms with E-state index in [0.717, 1.165) is 25.5 Å². The van der Waals surface area contributed by atoms with Crippen LogP contribution in [0.15, 0.2) is 4.99 Å². The van der Waals surface area contributed by atoms with Gasteiger partial charge in [0.15, 0.2) is 5.96 Å². The largest absolute Gasteiger partial charge is 0.373 e. The zero-order valence-electron chi connectivity index (χ0n) is 13.5. The Bertz CT molecular complexity index is 373. The minimum absolute atomic E-state index is 0.402. The van der Waals surface area contributed by atoms with Crippen molar-refractivity contribution < 1.29 is 4.74 Å². The molecule has 21 heavy (non-hydrogen) atoms. The van der Waals surface area contributed by atoms with Gasteiger partial charge in [-0.05, 0) is 58.5 Å². The van der Waals surface area contributed by atoms with E-state index in [1.165, 1.54) is 38.8 Å². The third-order valence-corrected chi connectivity index (χ3v) is 5.00. The number of piperidine rings is 1. The molecule has 0 aromatic heterocycles. The first kappa shape index (κ1) is 15.1. The predicted octanol–water partition coefficient (Wildman–Crippen LogP) is 1.20. The smallest absolute Gasteiger partial charge is 0.191 e. The Morgan fingerprint density at radius 3 is 2.90 bits per heavy atom. The van der Waals surface area contributed by atoms with Gasteiger partial charge in [-0.25, -0.2) is 0 Å². The number of aliphatic imine (C=N–C) groups is 1. The molecule has 4 atom stereocenters. The van der Waals surface area contributed by atoms with E-state index in [2.05, 4.69) is 29.5 Å². The van der Waals surface area contributed by atoms with Gasteiger partial charge in [-0.2, -0.15) is 0 Å². The normalized spacial score (nSPS) is 37.0.